The van der Waals surface area contributed by atoms with Crippen LogP contribution in [0, 0.1) is 5.92 Å². The van der Waals surface area contributed by atoms with Crippen molar-refractivity contribution in [2.75, 3.05) is 19.8 Å². The average molecular weight is 400 g/mol. The van der Waals surface area contributed by atoms with Crippen LogP contribution in [0.15, 0.2) is 34.9 Å². The molecule has 0 bridgehead atoms. The smallest absolute Gasteiger partial charge is 0.485 e. The number of carbonyl (C=O) groups excluding carboxylic acids is 1. The SMILES string of the molecule is O=C(Cc1cc(COc2cccc(OC(F)(F)F)c2)on1)NCC1CCOC1. The highest BCUT2D eigenvalue weighted by Crippen LogP contribution is 2.26. The van der Waals surface area contributed by atoms with Gasteiger partial charge in [-0.1, -0.05) is 11.2 Å². The van der Waals surface area contributed by atoms with Gasteiger partial charge in [0, 0.05) is 31.2 Å². The van der Waals surface area contributed by atoms with Crippen molar-refractivity contribution in [2.45, 2.75) is 25.8 Å². The first-order valence-electron chi connectivity index (χ1n) is 8.65. The number of amides is 1. The number of carbonyl (C=O) groups is 1. The van der Waals surface area contributed by atoms with Gasteiger partial charge in [0.25, 0.3) is 0 Å². The Labute approximate surface area is 158 Å². The summed E-state index contributed by atoms with van der Waals surface area (Å²) < 4.78 is 56.3. The zero-order valence-electron chi connectivity index (χ0n) is 14.8. The van der Waals surface area contributed by atoms with E-state index in [1.807, 2.05) is 0 Å². The van der Waals surface area contributed by atoms with E-state index in [0.29, 0.717) is 30.5 Å². The van der Waals surface area contributed by atoms with Crippen LogP contribution in [0.4, 0.5) is 13.2 Å². The summed E-state index contributed by atoms with van der Waals surface area (Å²) in [6, 6.07) is 6.71. The Morgan fingerprint density at radius 1 is 1.29 bits per heavy atom. The molecule has 1 atom stereocenters. The second kappa shape index (κ2) is 8.96. The van der Waals surface area contributed by atoms with Crippen LogP contribution in [-0.2, 0) is 22.6 Å². The molecule has 152 valence electrons. The predicted octanol–water partition coefficient (Wildman–Crippen LogP) is 2.85. The number of nitrogens with zero attached hydrogens (tertiary/aromatic N) is 1. The summed E-state index contributed by atoms with van der Waals surface area (Å²) in [5.74, 6) is 0.296. The number of halogens is 3. The summed E-state index contributed by atoms with van der Waals surface area (Å²) in [6.07, 6.45) is -3.78. The van der Waals surface area contributed by atoms with E-state index in [9.17, 15) is 18.0 Å². The first kappa shape index (κ1) is 20.0. The fraction of sp³-hybridized carbons (Fsp3) is 0.444. The van der Waals surface area contributed by atoms with Crippen LogP contribution in [0.2, 0.25) is 0 Å². The maximum atomic E-state index is 12.2. The first-order valence-corrected chi connectivity index (χ1v) is 8.65. The molecule has 2 heterocycles. The van der Waals surface area contributed by atoms with E-state index < -0.39 is 6.36 Å². The minimum Gasteiger partial charge on any atom is -0.485 e. The summed E-state index contributed by atoms with van der Waals surface area (Å²) in [5.41, 5.74) is 0.438. The quantitative estimate of drug-likeness (QED) is 0.734. The lowest BCUT2D eigenvalue weighted by Gasteiger charge is -2.10. The number of ether oxygens (including phenoxy) is 3. The van der Waals surface area contributed by atoms with Gasteiger partial charge >= 0.3 is 6.36 Å². The van der Waals surface area contributed by atoms with Crippen molar-refractivity contribution in [3.8, 4) is 11.5 Å². The lowest BCUT2D eigenvalue weighted by molar-refractivity contribution is -0.274. The molecule has 0 aliphatic carbocycles. The first-order chi connectivity index (χ1) is 13.4. The largest absolute Gasteiger partial charge is 0.573 e. The van der Waals surface area contributed by atoms with E-state index in [-0.39, 0.29) is 30.4 Å². The molecule has 1 amide bonds. The molecule has 1 unspecified atom stereocenters. The van der Waals surface area contributed by atoms with Gasteiger partial charge in [-0.25, -0.2) is 0 Å². The average Bonchev–Trinajstić information content (AvgIpc) is 3.29. The normalized spacial score (nSPS) is 16.8. The molecular weight excluding hydrogens is 381 g/mol. The van der Waals surface area contributed by atoms with E-state index in [1.54, 1.807) is 6.07 Å². The van der Waals surface area contributed by atoms with E-state index in [1.165, 1.54) is 18.2 Å². The Morgan fingerprint density at radius 2 is 2.11 bits per heavy atom. The van der Waals surface area contributed by atoms with Crippen LogP contribution >= 0.6 is 0 Å². The lowest BCUT2D eigenvalue weighted by atomic mass is 10.1. The molecule has 1 aromatic carbocycles. The van der Waals surface area contributed by atoms with E-state index in [0.717, 1.165) is 19.1 Å². The molecule has 0 spiro atoms. The molecule has 3 rings (SSSR count). The summed E-state index contributed by atoms with van der Waals surface area (Å²) in [6.45, 7) is 1.88. The topological polar surface area (TPSA) is 82.8 Å². The van der Waals surface area contributed by atoms with Gasteiger partial charge < -0.3 is 24.1 Å². The Morgan fingerprint density at radius 3 is 2.86 bits per heavy atom. The summed E-state index contributed by atoms with van der Waals surface area (Å²) >= 11 is 0. The van der Waals surface area contributed by atoms with Gasteiger partial charge in [-0.15, -0.1) is 13.2 Å². The Balaban J connectivity index is 1.45. The lowest BCUT2D eigenvalue weighted by Crippen LogP contribution is -2.30. The summed E-state index contributed by atoms with van der Waals surface area (Å²) in [5, 5.41) is 6.63. The molecule has 0 radical (unpaired) electrons. The summed E-state index contributed by atoms with van der Waals surface area (Å²) in [4.78, 5) is 11.9. The number of aromatic nitrogens is 1. The third-order valence-electron chi connectivity index (χ3n) is 3.98. The molecule has 1 aliphatic heterocycles. The zero-order valence-corrected chi connectivity index (χ0v) is 14.8. The van der Waals surface area contributed by atoms with Crippen molar-refractivity contribution in [1.82, 2.24) is 10.5 Å². The van der Waals surface area contributed by atoms with Crippen LogP contribution in [0.25, 0.3) is 0 Å². The molecule has 28 heavy (non-hydrogen) atoms. The Kier molecular flexibility index (Phi) is 6.40. The number of hydrogen-bond donors (Lipinski definition) is 1. The minimum atomic E-state index is -4.77. The number of nitrogens with one attached hydrogen (secondary N) is 1. The Bertz CT molecular complexity index is 788. The third-order valence-corrected chi connectivity index (χ3v) is 3.98. The molecule has 2 aromatic rings. The van der Waals surface area contributed by atoms with Crippen molar-refractivity contribution >= 4 is 5.91 Å². The molecule has 1 fully saturated rings. The maximum Gasteiger partial charge on any atom is 0.573 e. The molecule has 1 saturated heterocycles. The van der Waals surface area contributed by atoms with Gasteiger partial charge in [-0.2, -0.15) is 0 Å². The van der Waals surface area contributed by atoms with Crippen molar-refractivity contribution in [1.29, 1.82) is 0 Å². The molecule has 1 N–H and O–H groups in total. The highest BCUT2D eigenvalue weighted by atomic mass is 19.4. The van der Waals surface area contributed by atoms with Gasteiger partial charge in [0.15, 0.2) is 5.76 Å². The standard InChI is InChI=1S/C18H19F3N2O5/c19-18(20,21)27-15-3-1-2-14(8-15)26-11-16-6-13(23-28-16)7-17(24)22-9-12-4-5-25-10-12/h1-3,6,8,12H,4-5,7,9-11H2,(H,22,24). The molecule has 0 saturated carbocycles. The van der Waals surface area contributed by atoms with Gasteiger partial charge in [-0.3, -0.25) is 4.79 Å². The number of benzene rings is 1. The number of alkyl halides is 3. The minimum absolute atomic E-state index is 0.0521. The second-order valence-corrected chi connectivity index (χ2v) is 6.31. The predicted molar refractivity (Wildman–Crippen MR) is 89.6 cm³/mol. The van der Waals surface area contributed by atoms with E-state index in [2.05, 4.69) is 15.2 Å². The third kappa shape index (κ3) is 6.45. The van der Waals surface area contributed by atoms with Crippen molar-refractivity contribution < 1.29 is 36.7 Å². The van der Waals surface area contributed by atoms with Crippen LogP contribution in [0.3, 0.4) is 0 Å². The maximum absolute atomic E-state index is 12.2. The van der Waals surface area contributed by atoms with Crippen molar-refractivity contribution in [3.63, 3.8) is 0 Å². The monoisotopic (exact) mass is 400 g/mol. The molecule has 1 aliphatic rings. The molecule has 7 nitrogen and oxygen atoms in total. The van der Waals surface area contributed by atoms with Crippen LogP contribution < -0.4 is 14.8 Å². The van der Waals surface area contributed by atoms with Gasteiger partial charge in [0.1, 0.15) is 18.1 Å². The van der Waals surface area contributed by atoms with Crippen LogP contribution in [-0.4, -0.2) is 37.2 Å². The van der Waals surface area contributed by atoms with Gasteiger partial charge in [0.05, 0.1) is 18.7 Å². The van der Waals surface area contributed by atoms with Crippen molar-refractivity contribution in [2.24, 2.45) is 5.92 Å². The van der Waals surface area contributed by atoms with E-state index >= 15 is 0 Å². The van der Waals surface area contributed by atoms with Crippen molar-refractivity contribution in [3.05, 3.63) is 41.8 Å². The second-order valence-electron chi connectivity index (χ2n) is 6.31. The number of hydrogen-bond acceptors (Lipinski definition) is 6. The fourth-order valence-corrected chi connectivity index (χ4v) is 2.65. The van der Waals surface area contributed by atoms with Gasteiger partial charge in [-0.05, 0) is 18.6 Å². The highest BCUT2D eigenvalue weighted by molar-refractivity contribution is 5.78. The zero-order chi connectivity index (χ0) is 20.0. The van der Waals surface area contributed by atoms with Crippen LogP contribution in [0.1, 0.15) is 17.9 Å². The Hall–Kier alpha value is -2.75. The number of rotatable bonds is 8. The summed E-state index contributed by atoms with van der Waals surface area (Å²) in [7, 11) is 0. The van der Waals surface area contributed by atoms with Gasteiger partial charge in [0.2, 0.25) is 5.91 Å². The molecule has 10 heteroatoms. The fourth-order valence-electron chi connectivity index (χ4n) is 2.65. The molecule has 1 aromatic heterocycles. The molecular formula is C18H19F3N2O5. The highest BCUT2D eigenvalue weighted by Gasteiger charge is 2.31. The van der Waals surface area contributed by atoms with Crippen LogP contribution in [0.5, 0.6) is 11.5 Å². The van der Waals surface area contributed by atoms with E-state index in [4.69, 9.17) is 14.0 Å².